The lowest BCUT2D eigenvalue weighted by molar-refractivity contribution is 0.536. The summed E-state index contributed by atoms with van der Waals surface area (Å²) in [7, 11) is 0. The van der Waals surface area contributed by atoms with Crippen molar-refractivity contribution in [3.05, 3.63) is 41.4 Å². The molecule has 0 saturated carbocycles. The molecule has 0 radical (unpaired) electrons. The Hall–Kier alpha value is -1.04. The second kappa shape index (κ2) is 4.65. The molecule has 0 spiro atoms. The fraction of sp³-hybridized carbons (Fsp3) is 0.100. The van der Waals surface area contributed by atoms with Gasteiger partial charge in [0.1, 0.15) is 5.01 Å². The summed E-state index contributed by atoms with van der Waals surface area (Å²) in [6, 6.07) is 7.43. The maximum absolute atomic E-state index is 10.6. The van der Waals surface area contributed by atoms with Crippen molar-refractivity contribution in [1.29, 1.82) is 0 Å². The number of thiazole rings is 1. The van der Waals surface area contributed by atoms with Gasteiger partial charge >= 0.3 is 0 Å². The van der Waals surface area contributed by atoms with Gasteiger partial charge in [0.15, 0.2) is 0 Å². The average Bonchev–Trinajstić information content (AvgIpc) is 2.69. The van der Waals surface area contributed by atoms with E-state index in [0.717, 1.165) is 16.1 Å². The Bertz CT molecular complexity index is 468. The molecule has 0 N–H and O–H groups in total. The second-order valence-electron chi connectivity index (χ2n) is 2.99. The van der Waals surface area contributed by atoms with Gasteiger partial charge in [0.2, 0.25) is 0 Å². The molecule has 15 heavy (non-hydrogen) atoms. The van der Waals surface area contributed by atoms with Crippen LogP contribution in [0.1, 0.15) is 5.56 Å². The zero-order valence-electron chi connectivity index (χ0n) is 7.75. The molecular formula is C10H8NO2S2-. The van der Waals surface area contributed by atoms with E-state index in [-0.39, 0.29) is 5.75 Å². The fourth-order valence-electron chi connectivity index (χ4n) is 1.30. The Kier molecular flexibility index (Phi) is 3.25. The van der Waals surface area contributed by atoms with E-state index in [1.807, 2.05) is 23.6 Å². The second-order valence-corrected chi connectivity index (χ2v) is 4.78. The highest BCUT2D eigenvalue weighted by molar-refractivity contribution is 7.78. The van der Waals surface area contributed by atoms with Gasteiger partial charge in [-0.1, -0.05) is 29.3 Å². The maximum atomic E-state index is 10.6. The number of hydrogen-bond acceptors (Lipinski definition) is 4. The molecule has 0 fully saturated rings. The lowest BCUT2D eigenvalue weighted by Crippen LogP contribution is -1.93. The minimum absolute atomic E-state index is 0.0548. The average molecular weight is 238 g/mol. The van der Waals surface area contributed by atoms with Crippen molar-refractivity contribution < 1.29 is 8.76 Å². The van der Waals surface area contributed by atoms with Crippen molar-refractivity contribution in [3.8, 4) is 10.6 Å². The van der Waals surface area contributed by atoms with Gasteiger partial charge in [0, 0.05) is 22.9 Å². The molecule has 0 saturated heterocycles. The van der Waals surface area contributed by atoms with Crippen molar-refractivity contribution in [1.82, 2.24) is 4.98 Å². The Labute approximate surface area is 94.1 Å². The number of aromatic nitrogens is 1. The van der Waals surface area contributed by atoms with Crippen molar-refractivity contribution in [3.63, 3.8) is 0 Å². The molecular weight excluding hydrogens is 230 g/mol. The molecule has 1 atom stereocenters. The number of nitrogens with zero attached hydrogens (tertiary/aromatic N) is 1. The highest BCUT2D eigenvalue weighted by Crippen LogP contribution is 2.22. The van der Waals surface area contributed by atoms with Gasteiger partial charge in [0.05, 0.1) is 0 Å². The first kappa shape index (κ1) is 10.5. The Morgan fingerprint density at radius 3 is 3.00 bits per heavy atom. The number of benzene rings is 1. The standard InChI is InChI=1S/C10H9NO2S2/c12-15(13)7-8-2-1-3-9(6-8)10-11-4-5-14-10/h1-6H,7H2,(H,12,13)/p-1. The van der Waals surface area contributed by atoms with Crippen LogP contribution in [0.15, 0.2) is 35.8 Å². The van der Waals surface area contributed by atoms with E-state index in [0.29, 0.717) is 0 Å². The van der Waals surface area contributed by atoms with Gasteiger partial charge in [-0.2, -0.15) is 0 Å². The minimum atomic E-state index is -2.04. The maximum Gasteiger partial charge on any atom is 0.123 e. The fourth-order valence-corrected chi connectivity index (χ4v) is 2.38. The van der Waals surface area contributed by atoms with Gasteiger partial charge in [-0.05, 0) is 11.6 Å². The van der Waals surface area contributed by atoms with Crippen LogP contribution in [0.3, 0.4) is 0 Å². The molecule has 0 aliphatic carbocycles. The predicted molar refractivity (Wildman–Crippen MR) is 60.2 cm³/mol. The molecule has 2 aromatic rings. The topological polar surface area (TPSA) is 53.0 Å². The molecule has 1 aromatic carbocycles. The van der Waals surface area contributed by atoms with E-state index in [4.69, 9.17) is 0 Å². The van der Waals surface area contributed by atoms with Crippen LogP contribution in [0.25, 0.3) is 10.6 Å². The molecule has 5 heteroatoms. The summed E-state index contributed by atoms with van der Waals surface area (Å²) in [6.07, 6.45) is 1.73. The summed E-state index contributed by atoms with van der Waals surface area (Å²) in [5.41, 5.74) is 1.75. The molecule has 0 aliphatic heterocycles. The van der Waals surface area contributed by atoms with Crippen molar-refractivity contribution in [2.24, 2.45) is 0 Å². The van der Waals surface area contributed by atoms with Crippen molar-refractivity contribution in [2.75, 3.05) is 0 Å². The minimum Gasteiger partial charge on any atom is -0.772 e. The van der Waals surface area contributed by atoms with Crippen LogP contribution in [0.5, 0.6) is 0 Å². The quantitative estimate of drug-likeness (QED) is 0.770. The lowest BCUT2D eigenvalue weighted by atomic mass is 10.1. The first-order chi connectivity index (χ1) is 7.25. The van der Waals surface area contributed by atoms with Crippen LogP contribution in [0.4, 0.5) is 0 Å². The van der Waals surface area contributed by atoms with Gasteiger partial charge in [-0.25, -0.2) is 4.98 Å². The summed E-state index contributed by atoms with van der Waals surface area (Å²) in [5, 5.41) is 2.81. The molecule has 3 nitrogen and oxygen atoms in total. The smallest absolute Gasteiger partial charge is 0.123 e. The molecule has 0 aliphatic rings. The van der Waals surface area contributed by atoms with E-state index in [9.17, 15) is 8.76 Å². The summed E-state index contributed by atoms with van der Waals surface area (Å²) >= 11 is -0.500. The van der Waals surface area contributed by atoms with Crippen LogP contribution in [-0.2, 0) is 16.8 Å². The van der Waals surface area contributed by atoms with Crippen LogP contribution < -0.4 is 0 Å². The van der Waals surface area contributed by atoms with Crippen LogP contribution in [0, 0.1) is 0 Å². The van der Waals surface area contributed by atoms with E-state index in [1.54, 1.807) is 12.3 Å². The van der Waals surface area contributed by atoms with Gasteiger partial charge in [-0.3, -0.25) is 4.21 Å². The molecule has 0 amide bonds. The van der Waals surface area contributed by atoms with Crippen LogP contribution in [-0.4, -0.2) is 13.7 Å². The molecule has 2 rings (SSSR count). The lowest BCUT2D eigenvalue weighted by Gasteiger charge is -2.05. The summed E-state index contributed by atoms with van der Waals surface area (Å²) < 4.78 is 21.1. The number of rotatable bonds is 3. The first-order valence-electron chi connectivity index (χ1n) is 4.30. The third-order valence-electron chi connectivity index (χ3n) is 1.89. The van der Waals surface area contributed by atoms with E-state index in [1.165, 1.54) is 11.3 Å². The highest BCUT2D eigenvalue weighted by atomic mass is 32.2. The normalized spacial score (nSPS) is 12.6. The predicted octanol–water partition coefficient (Wildman–Crippen LogP) is 2.19. The summed E-state index contributed by atoms with van der Waals surface area (Å²) in [5.74, 6) is 0.0548. The third-order valence-corrected chi connectivity index (χ3v) is 3.28. The number of hydrogen-bond donors (Lipinski definition) is 0. The third kappa shape index (κ3) is 2.71. The monoisotopic (exact) mass is 238 g/mol. The van der Waals surface area contributed by atoms with E-state index < -0.39 is 11.1 Å². The molecule has 1 unspecified atom stereocenters. The van der Waals surface area contributed by atoms with Gasteiger partial charge in [0.25, 0.3) is 0 Å². The van der Waals surface area contributed by atoms with E-state index >= 15 is 0 Å². The Balaban J connectivity index is 2.31. The van der Waals surface area contributed by atoms with Gasteiger partial charge < -0.3 is 4.55 Å². The highest BCUT2D eigenvalue weighted by Gasteiger charge is 2.01. The first-order valence-corrected chi connectivity index (χ1v) is 6.43. The van der Waals surface area contributed by atoms with Crippen molar-refractivity contribution in [2.45, 2.75) is 5.75 Å². The SMILES string of the molecule is O=S([O-])Cc1cccc(-c2nccs2)c1. The van der Waals surface area contributed by atoms with Gasteiger partial charge in [-0.15, -0.1) is 11.3 Å². The molecule has 78 valence electrons. The summed E-state index contributed by atoms with van der Waals surface area (Å²) in [4.78, 5) is 4.17. The molecule has 0 bridgehead atoms. The zero-order chi connectivity index (χ0) is 10.7. The van der Waals surface area contributed by atoms with Crippen molar-refractivity contribution >= 4 is 22.4 Å². The Morgan fingerprint density at radius 1 is 1.47 bits per heavy atom. The van der Waals surface area contributed by atoms with Crippen LogP contribution >= 0.6 is 11.3 Å². The van der Waals surface area contributed by atoms with E-state index in [2.05, 4.69) is 4.98 Å². The van der Waals surface area contributed by atoms with Crippen LogP contribution in [0.2, 0.25) is 0 Å². The molecule has 1 aromatic heterocycles. The summed E-state index contributed by atoms with van der Waals surface area (Å²) in [6.45, 7) is 0. The Morgan fingerprint density at radius 2 is 2.33 bits per heavy atom. The largest absolute Gasteiger partial charge is 0.772 e. The zero-order valence-corrected chi connectivity index (χ0v) is 9.38. The molecule has 1 heterocycles.